The fourth-order valence-corrected chi connectivity index (χ4v) is 3.91. The standard InChI is InChI=1S/C17H23F3N2.ClH/c18-17(19,20)15-7-3-6-14(12-15)16(13-4-1-2-5-13)22-10-8-21-9-11-22;/h3,6-7,12-13,16,21H,1-2,4-5,8-11H2;1H/t16-;/m0./s1. The first-order valence-electron chi connectivity index (χ1n) is 8.17. The largest absolute Gasteiger partial charge is 0.416 e. The zero-order valence-corrected chi connectivity index (χ0v) is 13.9. The summed E-state index contributed by atoms with van der Waals surface area (Å²) in [7, 11) is 0. The van der Waals surface area contributed by atoms with Crippen molar-refractivity contribution in [2.45, 2.75) is 37.9 Å². The molecule has 1 atom stereocenters. The second kappa shape index (κ2) is 7.86. The van der Waals surface area contributed by atoms with Gasteiger partial charge in [0.2, 0.25) is 0 Å². The summed E-state index contributed by atoms with van der Waals surface area (Å²) in [4.78, 5) is 2.38. The molecule has 2 fully saturated rings. The molecular formula is C17H24ClF3N2. The fraction of sp³-hybridized carbons (Fsp3) is 0.647. The number of piperazine rings is 1. The van der Waals surface area contributed by atoms with Gasteiger partial charge in [0, 0.05) is 32.2 Å². The number of nitrogens with one attached hydrogen (secondary N) is 1. The maximum atomic E-state index is 13.0. The Morgan fingerprint density at radius 3 is 2.35 bits per heavy atom. The Hall–Kier alpha value is -0.780. The molecule has 0 radical (unpaired) electrons. The molecule has 1 aromatic carbocycles. The molecule has 0 amide bonds. The van der Waals surface area contributed by atoms with Crippen LogP contribution in [0.3, 0.4) is 0 Å². The van der Waals surface area contributed by atoms with E-state index in [4.69, 9.17) is 0 Å². The molecule has 130 valence electrons. The lowest BCUT2D eigenvalue weighted by Gasteiger charge is -2.39. The van der Waals surface area contributed by atoms with Crippen molar-refractivity contribution in [3.8, 4) is 0 Å². The van der Waals surface area contributed by atoms with Crippen molar-refractivity contribution in [3.63, 3.8) is 0 Å². The summed E-state index contributed by atoms with van der Waals surface area (Å²) in [6, 6.07) is 6.10. The molecule has 1 aliphatic heterocycles. The van der Waals surface area contributed by atoms with Gasteiger partial charge in [0.1, 0.15) is 0 Å². The molecule has 0 spiro atoms. The van der Waals surface area contributed by atoms with Crippen LogP contribution in [0.4, 0.5) is 13.2 Å². The smallest absolute Gasteiger partial charge is 0.314 e. The Bertz CT molecular complexity index is 495. The summed E-state index contributed by atoms with van der Waals surface area (Å²) >= 11 is 0. The second-order valence-electron chi connectivity index (χ2n) is 6.40. The number of benzene rings is 1. The van der Waals surface area contributed by atoms with Crippen LogP contribution in [0, 0.1) is 5.92 Å². The van der Waals surface area contributed by atoms with E-state index in [9.17, 15) is 13.2 Å². The lowest BCUT2D eigenvalue weighted by Crippen LogP contribution is -2.46. The third-order valence-electron chi connectivity index (χ3n) is 4.95. The van der Waals surface area contributed by atoms with Gasteiger partial charge in [-0.2, -0.15) is 13.2 Å². The first-order chi connectivity index (χ1) is 10.6. The van der Waals surface area contributed by atoms with E-state index in [0.29, 0.717) is 5.92 Å². The van der Waals surface area contributed by atoms with E-state index in [1.807, 2.05) is 6.07 Å². The van der Waals surface area contributed by atoms with Gasteiger partial charge in [0.15, 0.2) is 0 Å². The van der Waals surface area contributed by atoms with Crippen LogP contribution >= 0.6 is 12.4 Å². The maximum Gasteiger partial charge on any atom is 0.416 e. The van der Waals surface area contributed by atoms with E-state index in [2.05, 4.69) is 10.2 Å². The van der Waals surface area contributed by atoms with Crippen LogP contribution in [0.2, 0.25) is 0 Å². The lowest BCUT2D eigenvalue weighted by atomic mass is 9.89. The van der Waals surface area contributed by atoms with Gasteiger partial charge in [0.25, 0.3) is 0 Å². The third kappa shape index (κ3) is 4.40. The number of hydrogen-bond donors (Lipinski definition) is 1. The zero-order valence-electron chi connectivity index (χ0n) is 13.1. The highest BCUT2D eigenvalue weighted by Gasteiger charge is 2.35. The molecule has 2 aliphatic rings. The molecule has 23 heavy (non-hydrogen) atoms. The van der Waals surface area contributed by atoms with Gasteiger partial charge in [0.05, 0.1) is 5.56 Å². The van der Waals surface area contributed by atoms with Gasteiger partial charge < -0.3 is 5.32 Å². The Kier molecular flexibility index (Phi) is 6.34. The average molecular weight is 349 g/mol. The lowest BCUT2D eigenvalue weighted by molar-refractivity contribution is -0.137. The molecule has 1 aliphatic carbocycles. The van der Waals surface area contributed by atoms with Gasteiger partial charge >= 0.3 is 6.18 Å². The van der Waals surface area contributed by atoms with E-state index in [1.54, 1.807) is 6.07 Å². The van der Waals surface area contributed by atoms with Gasteiger partial charge in [-0.05, 0) is 36.5 Å². The molecule has 0 aromatic heterocycles. The van der Waals surface area contributed by atoms with Gasteiger partial charge in [-0.3, -0.25) is 4.90 Å². The fourth-order valence-electron chi connectivity index (χ4n) is 3.91. The summed E-state index contributed by atoms with van der Waals surface area (Å²) in [5.74, 6) is 0.488. The Balaban J connectivity index is 0.00000192. The van der Waals surface area contributed by atoms with Gasteiger partial charge in [-0.25, -0.2) is 0 Å². The number of rotatable bonds is 3. The molecule has 6 heteroatoms. The normalized spacial score (nSPS) is 21.9. The molecular weight excluding hydrogens is 325 g/mol. The summed E-state index contributed by atoms with van der Waals surface area (Å²) < 4.78 is 39.1. The van der Waals surface area contributed by atoms with Crippen molar-refractivity contribution in [2.75, 3.05) is 26.2 Å². The predicted octanol–water partition coefficient (Wildman–Crippen LogP) is 4.26. The van der Waals surface area contributed by atoms with Crippen LogP contribution in [0.15, 0.2) is 24.3 Å². The molecule has 0 bridgehead atoms. The van der Waals surface area contributed by atoms with Crippen LogP contribution in [0.5, 0.6) is 0 Å². The quantitative estimate of drug-likeness (QED) is 0.877. The Morgan fingerprint density at radius 1 is 1.09 bits per heavy atom. The Labute approximate surface area is 141 Å². The van der Waals surface area contributed by atoms with Crippen molar-refractivity contribution in [1.29, 1.82) is 0 Å². The summed E-state index contributed by atoms with van der Waals surface area (Å²) in [5.41, 5.74) is 0.312. The molecule has 1 heterocycles. The summed E-state index contributed by atoms with van der Waals surface area (Å²) in [5, 5.41) is 3.33. The maximum absolute atomic E-state index is 13.0. The third-order valence-corrected chi connectivity index (χ3v) is 4.95. The second-order valence-corrected chi connectivity index (χ2v) is 6.40. The number of nitrogens with zero attached hydrogens (tertiary/aromatic N) is 1. The van der Waals surface area contributed by atoms with E-state index in [-0.39, 0.29) is 18.4 Å². The first kappa shape index (κ1) is 18.6. The van der Waals surface area contributed by atoms with Crippen LogP contribution in [-0.2, 0) is 6.18 Å². The first-order valence-corrected chi connectivity index (χ1v) is 8.17. The SMILES string of the molecule is Cl.FC(F)(F)c1cccc([C@H](C2CCCC2)N2CCNCC2)c1. The number of hydrogen-bond acceptors (Lipinski definition) is 2. The molecule has 1 saturated heterocycles. The molecule has 0 unspecified atom stereocenters. The molecule has 1 aromatic rings. The number of alkyl halides is 3. The number of halogens is 4. The molecule has 1 saturated carbocycles. The Morgan fingerprint density at radius 2 is 1.74 bits per heavy atom. The van der Waals surface area contributed by atoms with Crippen LogP contribution in [0.1, 0.15) is 42.9 Å². The van der Waals surface area contributed by atoms with E-state index < -0.39 is 11.7 Å². The molecule has 3 rings (SSSR count). The highest BCUT2D eigenvalue weighted by Crippen LogP contribution is 2.41. The highest BCUT2D eigenvalue weighted by molar-refractivity contribution is 5.85. The van der Waals surface area contributed by atoms with Crippen LogP contribution in [-0.4, -0.2) is 31.1 Å². The summed E-state index contributed by atoms with van der Waals surface area (Å²) in [6.45, 7) is 3.67. The summed E-state index contributed by atoms with van der Waals surface area (Å²) in [6.07, 6.45) is 0.397. The minimum absolute atomic E-state index is 0. The topological polar surface area (TPSA) is 15.3 Å². The monoisotopic (exact) mass is 348 g/mol. The highest BCUT2D eigenvalue weighted by atomic mass is 35.5. The van der Waals surface area contributed by atoms with Crippen molar-refractivity contribution < 1.29 is 13.2 Å². The van der Waals surface area contributed by atoms with Crippen molar-refractivity contribution >= 4 is 12.4 Å². The van der Waals surface area contributed by atoms with Crippen molar-refractivity contribution in [2.24, 2.45) is 5.92 Å². The van der Waals surface area contributed by atoms with E-state index in [0.717, 1.165) is 44.6 Å². The van der Waals surface area contributed by atoms with E-state index in [1.165, 1.54) is 25.0 Å². The minimum atomic E-state index is -4.26. The molecule has 1 N–H and O–H groups in total. The zero-order chi connectivity index (χ0) is 15.6. The van der Waals surface area contributed by atoms with E-state index >= 15 is 0 Å². The van der Waals surface area contributed by atoms with Crippen LogP contribution in [0.25, 0.3) is 0 Å². The molecule has 2 nitrogen and oxygen atoms in total. The van der Waals surface area contributed by atoms with Crippen molar-refractivity contribution in [1.82, 2.24) is 10.2 Å². The van der Waals surface area contributed by atoms with Gasteiger partial charge in [-0.15, -0.1) is 12.4 Å². The predicted molar refractivity (Wildman–Crippen MR) is 87.8 cm³/mol. The van der Waals surface area contributed by atoms with Crippen LogP contribution < -0.4 is 5.32 Å². The van der Waals surface area contributed by atoms with Gasteiger partial charge in [-0.1, -0.05) is 25.0 Å². The van der Waals surface area contributed by atoms with Crippen molar-refractivity contribution in [3.05, 3.63) is 35.4 Å². The average Bonchev–Trinajstić information content (AvgIpc) is 3.02. The minimum Gasteiger partial charge on any atom is -0.314 e.